The molecule has 3 aromatic rings. The maximum Gasteiger partial charge on any atom is 0.417 e. The number of nitrogens with zero attached hydrogens (tertiary/aromatic N) is 6. The molecule has 0 radical (unpaired) electrons. The lowest BCUT2D eigenvalue weighted by Crippen LogP contribution is -2.47. The van der Waals surface area contributed by atoms with Gasteiger partial charge in [0.25, 0.3) is 0 Å². The van der Waals surface area contributed by atoms with Crippen molar-refractivity contribution in [1.29, 1.82) is 0 Å². The molecule has 2 aromatic heterocycles. The Labute approximate surface area is 255 Å². The molecule has 43 heavy (non-hydrogen) atoms. The van der Waals surface area contributed by atoms with Gasteiger partial charge < -0.3 is 15.3 Å². The van der Waals surface area contributed by atoms with Crippen molar-refractivity contribution in [1.82, 2.24) is 24.8 Å². The number of anilines is 3. The minimum atomic E-state index is -4.63. The Morgan fingerprint density at radius 2 is 1.84 bits per heavy atom. The van der Waals surface area contributed by atoms with Crippen LogP contribution >= 0.6 is 22.9 Å². The van der Waals surface area contributed by atoms with E-state index in [1.165, 1.54) is 29.8 Å². The Bertz CT molecular complexity index is 1460. The highest BCUT2D eigenvalue weighted by molar-refractivity contribution is 7.16. The number of aromatic nitrogens is 3. The van der Waals surface area contributed by atoms with E-state index in [1.807, 2.05) is 4.90 Å². The molecule has 1 aromatic carbocycles. The number of benzene rings is 1. The van der Waals surface area contributed by atoms with Crippen molar-refractivity contribution in [3.63, 3.8) is 0 Å². The van der Waals surface area contributed by atoms with Crippen molar-refractivity contribution >= 4 is 45.7 Å². The molecule has 2 aliphatic rings. The molecule has 15 heteroatoms. The normalized spacial score (nSPS) is 20.1. The number of hydrogen-bond donors (Lipinski definition) is 2. The summed E-state index contributed by atoms with van der Waals surface area (Å²) in [6.45, 7) is 7.19. The molecule has 2 N–H and O–H groups in total. The van der Waals surface area contributed by atoms with Crippen molar-refractivity contribution in [2.75, 3.05) is 42.9 Å². The van der Waals surface area contributed by atoms with Gasteiger partial charge in [-0.05, 0) is 38.8 Å². The fourth-order valence-corrected chi connectivity index (χ4v) is 6.78. The van der Waals surface area contributed by atoms with Gasteiger partial charge in [0.15, 0.2) is 16.8 Å². The van der Waals surface area contributed by atoms with E-state index in [2.05, 4.69) is 39.0 Å². The Kier molecular flexibility index (Phi) is 9.40. The summed E-state index contributed by atoms with van der Waals surface area (Å²) < 4.78 is 56.8. The average molecular weight is 642 g/mol. The predicted molar refractivity (Wildman–Crippen MR) is 157 cm³/mol. The number of alkyl halides is 3. The minimum Gasteiger partial charge on any atom is -0.481 e. The SMILES string of the molecule is C[C@@H]1CC[C@@H](C)N1Cc1sc(Nc2ncnc(N3CCN(CCC(=O)O)CC3)c2F)nc1-c1ccc(Cl)c(C(F)(F)F)c1. The van der Waals surface area contributed by atoms with Crippen LogP contribution < -0.4 is 10.2 Å². The molecular weight excluding hydrogens is 610 g/mol. The number of likely N-dealkylation sites (tertiary alicyclic amines) is 1. The number of rotatable bonds is 9. The number of nitrogens with one attached hydrogen (secondary N) is 1. The molecule has 0 bridgehead atoms. The molecule has 9 nitrogen and oxygen atoms in total. The third-order valence-corrected chi connectivity index (χ3v) is 9.30. The van der Waals surface area contributed by atoms with Gasteiger partial charge in [-0.2, -0.15) is 17.6 Å². The van der Waals surface area contributed by atoms with Gasteiger partial charge in [-0.3, -0.25) is 14.6 Å². The van der Waals surface area contributed by atoms with Crippen LogP contribution in [0.1, 0.15) is 43.6 Å². The molecule has 0 saturated carbocycles. The molecule has 232 valence electrons. The van der Waals surface area contributed by atoms with Crippen LogP contribution in [0, 0.1) is 5.82 Å². The number of thiazole rings is 1. The molecule has 2 atom stereocenters. The maximum absolute atomic E-state index is 15.7. The van der Waals surface area contributed by atoms with Crippen LogP contribution in [-0.4, -0.2) is 80.6 Å². The first-order chi connectivity index (χ1) is 20.4. The highest BCUT2D eigenvalue weighted by Gasteiger charge is 2.34. The summed E-state index contributed by atoms with van der Waals surface area (Å²) in [6, 6.07) is 4.32. The Morgan fingerprint density at radius 3 is 2.49 bits per heavy atom. The van der Waals surface area contributed by atoms with E-state index in [0.717, 1.165) is 23.8 Å². The smallest absolute Gasteiger partial charge is 0.417 e. The zero-order valence-electron chi connectivity index (χ0n) is 23.7. The first-order valence-electron chi connectivity index (χ1n) is 14.0. The zero-order valence-corrected chi connectivity index (χ0v) is 25.2. The molecule has 5 rings (SSSR count). The molecule has 0 unspecified atom stereocenters. The molecule has 2 aliphatic heterocycles. The summed E-state index contributed by atoms with van der Waals surface area (Å²) in [7, 11) is 0. The van der Waals surface area contributed by atoms with Crippen molar-refractivity contribution in [2.24, 2.45) is 0 Å². The first-order valence-corrected chi connectivity index (χ1v) is 15.2. The number of carboxylic acids is 1. The first kappa shape index (κ1) is 31.4. The van der Waals surface area contributed by atoms with Crippen LogP contribution in [0.25, 0.3) is 11.3 Å². The second kappa shape index (κ2) is 12.9. The van der Waals surface area contributed by atoms with Crippen LogP contribution in [0.3, 0.4) is 0 Å². The van der Waals surface area contributed by atoms with E-state index in [-0.39, 0.29) is 28.8 Å². The molecule has 0 spiro atoms. The van der Waals surface area contributed by atoms with Crippen molar-refractivity contribution in [2.45, 2.75) is 57.9 Å². The molecular formula is C28H32ClF4N7O2S. The average Bonchev–Trinajstić information content (AvgIpc) is 3.51. The van der Waals surface area contributed by atoms with E-state index >= 15 is 4.39 Å². The van der Waals surface area contributed by atoms with Crippen molar-refractivity contribution in [3.8, 4) is 11.3 Å². The van der Waals surface area contributed by atoms with Crippen molar-refractivity contribution < 1.29 is 27.5 Å². The standard InChI is InChI=1S/C28H32ClF4N7O2S/c1-16-3-4-17(2)40(16)14-21-24(18-5-6-20(29)19(13-18)28(31,32)33)36-27(43-21)37-25-23(30)26(35-15-34-25)39-11-9-38(10-12-39)8-7-22(41)42/h5-6,13,15-17H,3-4,7-12,14H2,1-2H3,(H,41,42)(H,34,35,36,37)/t16-,17-/m1/s1. The van der Waals surface area contributed by atoms with E-state index in [4.69, 9.17) is 16.7 Å². The molecule has 0 aliphatic carbocycles. The van der Waals surface area contributed by atoms with E-state index in [1.54, 1.807) is 4.90 Å². The number of carbonyl (C=O) groups is 1. The van der Waals surface area contributed by atoms with Gasteiger partial charge in [0.05, 0.1) is 22.7 Å². The second-order valence-electron chi connectivity index (χ2n) is 10.9. The van der Waals surface area contributed by atoms with Gasteiger partial charge >= 0.3 is 12.1 Å². The van der Waals surface area contributed by atoms with Gasteiger partial charge in [-0.1, -0.05) is 29.0 Å². The summed E-state index contributed by atoms with van der Waals surface area (Å²) in [6.07, 6.45) is -1.32. The van der Waals surface area contributed by atoms with Crippen LogP contribution in [0.2, 0.25) is 5.02 Å². The van der Waals surface area contributed by atoms with Crippen molar-refractivity contribution in [3.05, 3.63) is 45.8 Å². The molecule has 4 heterocycles. The highest BCUT2D eigenvalue weighted by atomic mass is 35.5. The van der Waals surface area contributed by atoms with E-state index in [0.29, 0.717) is 57.0 Å². The summed E-state index contributed by atoms with van der Waals surface area (Å²) in [5.74, 6) is -1.53. The number of aliphatic carboxylic acids is 1. The number of halogens is 5. The predicted octanol–water partition coefficient (Wildman–Crippen LogP) is 6.12. The third kappa shape index (κ3) is 7.19. The fraction of sp³-hybridized carbons (Fsp3) is 0.500. The largest absolute Gasteiger partial charge is 0.481 e. The Balaban J connectivity index is 1.42. The zero-order chi connectivity index (χ0) is 30.9. The summed E-state index contributed by atoms with van der Waals surface area (Å²) in [4.78, 5) is 30.5. The van der Waals surface area contributed by atoms with Crippen LogP contribution in [0.15, 0.2) is 24.5 Å². The number of hydrogen-bond acceptors (Lipinski definition) is 9. The lowest BCUT2D eigenvalue weighted by Gasteiger charge is -2.35. The second-order valence-corrected chi connectivity index (χ2v) is 12.4. The summed E-state index contributed by atoms with van der Waals surface area (Å²) in [5.41, 5.74) is -0.314. The molecule has 0 amide bonds. The number of carboxylic acid groups (broad SMARTS) is 1. The van der Waals surface area contributed by atoms with Crippen LogP contribution in [0.5, 0.6) is 0 Å². The van der Waals surface area contributed by atoms with Gasteiger partial charge in [0.2, 0.25) is 5.82 Å². The quantitative estimate of drug-likeness (QED) is 0.268. The van der Waals surface area contributed by atoms with Crippen LogP contribution in [-0.2, 0) is 17.5 Å². The lowest BCUT2D eigenvalue weighted by atomic mass is 10.1. The molecule has 2 fully saturated rings. The highest BCUT2D eigenvalue weighted by Crippen LogP contribution is 2.41. The van der Waals surface area contributed by atoms with Gasteiger partial charge in [0.1, 0.15) is 6.33 Å². The van der Waals surface area contributed by atoms with Gasteiger partial charge in [-0.15, -0.1) is 0 Å². The molecule has 2 saturated heterocycles. The van der Waals surface area contributed by atoms with E-state index in [9.17, 15) is 18.0 Å². The topological polar surface area (TPSA) is 97.7 Å². The summed E-state index contributed by atoms with van der Waals surface area (Å²) in [5, 5.41) is 11.8. The maximum atomic E-state index is 15.7. The monoisotopic (exact) mass is 641 g/mol. The summed E-state index contributed by atoms with van der Waals surface area (Å²) >= 11 is 7.13. The van der Waals surface area contributed by atoms with Crippen LogP contribution in [0.4, 0.5) is 34.3 Å². The Hall–Kier alpha value is -3.07. The minimum absolute atomic E-state index is 0.0385. The van der Waals surface area contributed by atoms with E-state index < -0.39 is 28.5 Å². The van der Waals surface area contributed by atoms with Gasteiger partial charge in [0, 0.05) is 61.8 Å². The lowest BCUT2D eigenvalue weighted by molar-refractivity contribution is -0.138. The fourth-order valence-electron chi connectivity index (χ4n) is 5.56. The Morgan fingerprint density at radius 1 is 1.14 bits per heavy atom. The third-order valence-electron chi connectivity index (χ3n) is 8.01. The number of piperazine rings is 1. The van der Waals surface area contributed by atoms with Gasteiger partial charge in [-0.25, -0.2) is 15.0 Å².